The maximum atomic E-state index is 13.1. The van der Waals surface area contributed by atoms with Crippen LogP contribution in [0.15, 0.2) is 77.9 Å². The van der Waals surface area contributed by atoms with E-state index >= 15 is 0 Å². The van der Waals surface area contributed by atoms with E-state index in [-0.39, 0.29) is 18.0 Å². The minimum absolute atomic E-state index is 0.0580. The van der Waals surface area contributed by atoms with E-state index in [0.717, 1.165) is 16.7 Å². The van der Waals surface area contributed by atoms with Crippen LogP contribution in [0.2, 0.25) is 0 Å². The van der Waals surface area contributed by atoms with Gasteiger partial charge in [0.05, 0.1) is 6.61 Å². The van der Waals surface area contributed by atoms with E-state index in [1.165, 1.54) is 10.1 Å². The molecule has 0 aliphatic carbocycles. The van der Waals surface area contributed by atoms with Crippen molar-refractivity contribution >= 4 is 22.5 Å². The third-order valence-electron chi connectivity index (χ3n) is 5.26. The number of pyridine rings is 1. The summed E-state index contributed by atoms with van der Waals surface area (Å²) >= 11 is 0. The highest BCUT2D eigenvalue weighted by Gasteiger charge is 2.12. The molecule has 0 aliphatic rings. The molecular formula is C25H25N3O3. The van der Waals surface area contributed by atoms with Crippen LogP contribution in [0.5, 0.6) is 5.75 Å². The number of carbonyl (C=O) groups is 1. The van der Waals surface area contributed by atoms with Crippen LogP contribution in [0.4, 0.5) is 5.69 Å². The second-order valence-electron chi connectivity index (χ2n) is 7.43. The summed E-state index contributed by atoms with van der Waals surface area (Å²) in [4.78, 5) is 25.7. The monoisotopic (exact) mass is 415 g/mol. The molecule has 0 spiro atoms. The van der Waals surface area contributed by atoms with E-state index in [0.29, 0.717) is 24.4 Å². The number of nitrogens with one attached hydrogen (secondary N) is 1. The van der Waals surface area contributed by atoms with Gasteiger partial charge in [-0.2, -0.15) is 0 Å². The first-order chi connectivity index (χ1) is 15.0. The lowest BCUT2D eigenvalue weighted by Crippen LogP contribution is -2.28. The van der Waals surface area contributed by atoms with Crippen molar-refractivity contribution in [3.05, 3.63) is 94.5 Å². The highest BCUT2D eigenvalue weighted by Crippen LogP contribution is 2.17. The van der Waals surface area contributed by atoms with Crippen molar-refractivity contribution in [2.75, 3.05) is 11.9 Å². The zero-order chi connectivity index (χ0) is 21.8. The van der Waals surface area contributed by atoms with Gasteiger partial charge in [-0.3, -0.25) is 9.59 Å². The van der Waals surface area contributed by atoms with E-state index in [4.69, 9.17) is 4.74 Å². The van der Waals surface area contributed by atoms with Crippen molar-refractivity contribution < 1.29 is 9.53 Å². The summed E-state index contributed by atoms with van der Waals surface area (Å²) in [6.45, 7) is 5.11. The second kappa shape index (κ2) is 8.92. The summed E-state index contributed by atoms with van der Waals surface area (Å²) in [5.74, 6) is 0.485. The SMILES string of the molecule is CCOc1ccc(NC(=O)Cn2ccc3ccn(Cc4ccccc4C)c3c2=O)cc1. The molecule has 0 atom stereocenters. The van der Waals surface area contributed by atoms with Crippen LogP contribution < -0.4 is 15.6 Å². The van der Waals surface area contributed by atoms with Gasteiger partial charge in [-0.15, -0.1) is 0 Å². The molecule has 0 saturated carbocycles. The molecule has 31 heavy (non-hydrogen) atoms. The number of fused-ring (bicyclic) bond motifs is 1. The Hall–Kier alpha value is -3.80. The molecule has 0 radical (unpaired) electrons. The normalized spacial score (nSPS) is 10.9. The van der Waals surface area contributed by atoms with E-state index in [2.05, 4.69) is 24.4 Å². The molecule has 1 amide bonds. The molecule has 2 aromatic carbocycles. The predicted octanol–water partition coefficient (Wildman–Crippen LogP) is 4.20. The number of rotatable bonds is 7. The molecule has 0 saturated heterocycles. The smallest absolute Gasteiger partial charge is 0.275 e. The standard InChI is InChI=1S/C25H25N3O3/c1-3-31-22-10-8-21(9-11-22)26-23(29)17-28-15-13-19-12-14-27(24(19)25(28)30)16-20-7-5-4-6-18(20)2/h4-15H,3,16-17H2,1-2H3,(H,26,29). The first-order valence-electron chi connectivity index (χ1n) is 10.3. The Morgan fingerprint density at radius 1 is 0.968 bits per heavy atom. The first kappa shape index (κ1) is 20.5. The highest BCUT2D eigenvalue weighted by atomic mass is 16.5. The highest BCUT2D eigenvalue weighted by molar-refractivity contribution is 5.90. The lowest BCUT2D eigenvalue weighted by molar-refractivity contribution is -0.116. The fraction of sp³-hybridized carbons (Fsp3) is 0.200. The van der Waals surface area contributed by atoms with Gasteiger partial charge in [0.25, 0.3) is 5.56 Å². The fourth-order valence-electron chi connectivity index (χ4n) is 3.63. The summed E-state index contributed by atoms with van der Waals surface area (Å²) < 4.78 is 8.80. The fourth-order valence-corrected chi connectivity index (χ4v) is 3.63. The third kappa shape index (κ3) is 4.53. The zero-order valence-corrected chi connectivity index (χ0v) is 17.7. The molecule has 4 aromatic rings. The van der Waals surface area contributed by atoms with E-state index in [1.54, 1.807) is 30.5 Å². The first-order valence-corrected chi connectivity index (χ1v) is 10.3. The number of carbonyl (C=O) groups excluding carboxylic acids is 1. The quantitative estimate of drug-likeness (QED) is 0.492. The molecule has 6 nitrogen and oxygen atoms in total. The minimum atomic E-state index is -0.261. The summed E-state index contributed by atoms with van der Waals surface area (Å²) in [5.41, 5.74) is 3.40. The van der Waals surface area contributed by atoms with Crippen molar-refractivity contribution in [1.82, 2.24) is 9.13 Å². The van der Waals surface area contributed by atoms with Gasteiger partial charge in [0, 0.05) is 30.0 Å². The minimum Gasteiger partial charge on any atom is -0.494 e. The van der Waals surface area contributed by atoms with E-state index < -0.39 is 0 Å². The average molecular weight is 415 g/mol. The van der Waals surface area contributed by atoms with Crippen LogP contribution in [0.25, 0.3) is 10.9 Å². The molecule has 0 unspecified atom stereocenters. The Balaban J connectivity index is 1.54. The molecule has 4 rings (SSSR count). The lowest BCUT2D eigenvalue weighted by Gasteiger charge is -2.11. The molecule has 2 aromatic heterocycles. The Bertz CT molecular complexity index is 1270. The average Bonchev–Trinajstić information content (AvgIpc) is 3.17. The number of anilines is 1. The van der Waals surface area contributed by atoms with Crippen LogP contribution in [0.3, 0.4) is 0 Å². The summed E-state index contributed by atoms with van der Waals surface area (Å²) in [5, 5.41) is 3.69. The van der Waals surface area contributed by atoms with Crippen molar-refractivity contribution in [3.8, 4) is 5.75 Å². The zero-order valence-electron chi connectivity index (χ0n) is 17.7. The Morgan fingerprint density at radius 2 is 1.68 bits per heavy atom. The van der Waals surface area contributed by atoms with Crippen LogP contribution in [0, 0.1) is 6.92 Å². The van der Waals surface area contributed by atoms with Crippen molar-refractivity contribution in [1.29, 1.82) is 0 Å². The maximum Gasteiger partial charge on any atom is 0.275 e. The van der Waals surface area contributed by atoms with E-state index in [9.17, 15) is 9.59 Å². The Kier molecular flexibility index (Phi) is 5.89. The van der Waals surface area contributed by atoms with Gasteiger partial charge in [-0.1, -0.05) is 24.3 Å². The topological polar surface area (TPSA) is 65.3 Å². The van der Waals surface area contributed by atoms with Gasteiger partial charge >= 0.3 is 0 Å². The third-order valence-corrected chi connectivity index (χ3v) is 5.26. The summed E-state index contributed by atoms with van der Waals surface area (Å²) in [7, 11) is 0. The van der Waals surface area contributed by atoms with Crippen molar-refractivity contribution in [2.24, 2.45) is 0 Å². The molecule has 1 N–H and O–H groups in total. The van der Waals surface area contributed by atoms with Gasteiger partial charge in [-0.25, -0.2) is 0 Å². The number of hydrogen-bond donors (Lipinski definition) is 1. The molecule has 158 valence electrons. The van der Waals surface area contributed by atoms with E-state index in [1.807, 2.05) is 42.0 Å². The Morgan fingerprint density at radius 3 is 2.39 bits per heavy atom. The lowest BCUT2D eigenvalue weighted by atomic mass is 10.1. The van der Waals surface area contributed by atoms with Crippen LogP contribution in [-0.4, -0.2) is 21.6 Å². The van der Waals surface area contributed by atoms with Crippen LogP contribution in [-0.2, 0) is 17.9 Å². The largest absolute Gasteiger partial charge is 0.494 e. The van der Waals surface area contributed by atoms with Gasteiger partial charge in [0.1, 0.15) is 17.8 Å². The number of aromatic nitrogens is 2. The maximum absolute atomic E-state index is 13.1. The second-order valence-corrected chi connectivity index (χ2v) is 7.43. The van der Waals surface area contributed by atoms with Crippen molar-refractivity contribution in [3.63, 3.8) is 0 Å². The molecule has 0 bridgehead atoms. The summed E-state index contributed by atoms with van der Waals surface area (Å²) in [6, 6.07) is 19.1. The molecule has 0 fully saturated rings. The van der Waals surface area contributed by atoms with Crippen LogP contribution >= 0.6 is 0 Å². The number of ether oxygens (including phenoxy) is 1. The molecular weight excluding hydrogens is 390 g/mol. The number of amides is 1. The summed E-state index contributed by atoms with van der Waals surface area (Å²) in [6.07, 6.45) is 3.59. The van der Waals surface area contributed by atoms with Gasteiger partial charge < -0.3 is 19.2 Å². The predicted molar refractivity (Wildman–Crippen MR) is 123 cm³/mol. The number of hydrogen-bond acceptors (Lipinski definition) is 3. The number of benzene rings is 2. The molecule has 0 aliphatic heterocycles. The van der Waals surface area contributed by atoms with Crippen molar-refractivity contribution in [2.45, 2.75) is 26.9 Å². The van der Waals surface area contributed by atoms with Gasteiger partial charge in [0.15, 0.2) is 0 Å². The number of aryl methyl sites for hydroxylation is 1. The Labute approximate surface area is 180 Å². The molecule has 2 heterocycles. The van der Waals surface area contributed by atoms with Gasteiger partial charge in [-0.05, 0) is 61.4 Å². The number of nitrogens with zero attached hydrogens (tertiary/aromatic N) is 2. The molecule has 6 heteroatoms. The van der Waals surface area contributed by atoms with Gasteiger partial charge in [0.2, 0.25) is 5.91 Å². The van der Waals surface area contributed by atoms with Crippen LogP contribution in [0.1, 0.15) is 18.1 Å².